The van der Waals surface area contributed by atoms with Crippen molar-refractivity contribution in [2.24, 2.45) is 0 Å². The molecule has 2 N–H and O–H groups in total. The minimum atomic E-state index is -0.125. The summed E-state index contributed by atoms with van der Waals surface area (Å²) in [6.07, 6.45) is 0. The molecule has 1 heterocycles. The van der Waals surface area contributed by atoms with Gasteiger partial charge >= 0.3 is 107 Å². The van der Waals surface area contributed by atoms with Gasteiger partial charge in [-0.2, -0.15) is 0 Å². The number of hydrogen-bond donors (Lipinski definition) is 2. The van der Waals surface area contributed by atoms with Crippen molar-refractivity contribution in [3.05, 3.63) is 30.3 Å². The zero-order valence-corrected chi connectivity index (χ0v) is 12.4. The van der Waals surface area contributed by atoms with E-state index in [2.05, 4.69) is 44.3 Å². The quantitative estimate of drug-likeness (QED) is 0.763. The molecular weight excluding hydrogens is 269 g/mol. The van der Waals surface area contributed by atoms with Crippen LogP contribution in [0.5, 0.6) is 0 Å². The fourth-order valence-electron chi connectivity index (χ4n) is 1.77. The predicted octanol–water partition coefficient (Wildman–Crippen LogP) is 0.226. The second-order valence-electron chi connectivity index (χ2n) is 3.96. The minimum absolute atomic E-state index is 0. The second kappa shape index (κ2) is 9.09. The van der Waals surface area contributed by atoms with Crippen LogP contribution in [-0.2, 0) is 19.4 Å². The van der Waals surface area contributed by atoms with Gasteiger partial charge in [0.2, 0.25) is 0 Å². The van der Waals surface area contributed by atoms with E-state index in [4.69, 9.17) is 0 Å². The summed E-state index contributed by atoms with van der Waals surface area (Å²) in [6, 6.07) is 10.9. The Bertz CT molecular complexity index is 287. The van der Waals surface area contributed by atoms with Crippen LogP contribution in [0.1, 0.15) is 0 Å². The molecule has 0 aliphatic carbocycles. The number of nitrogens with one attached hydrogen (secondary N) is 2. The summed E-state index contributed by atoms with van der Waals surface area (Å²) in [4.78, 5) is 0. The average molecular weight is 290 g/mol. The Morgan fingerprint density at radius 2 is 1.47 bits per heavy atom. The van der Waals surface area contributed by atoms with E-state index in [1.54, 1.807) is 0 Å². The zero-order valence-electron chi connectivity index (χ0n) is 9.98. The average Bonchev–Trinajstić information content (AvgIpc) is 2.45. The summed E-state index contributed by atoms with van der Waals surface area (Å²) in [7, 11) is 0. The molecule has 1 aliphatic rings. The van der Waals surface area contributed by atoms with Crippen LogP contribution in [0.4, 0.5) is 0 Å². The van der Waals surface area contributed by atoms with E-state index in [0.29, 0.717) is 0 Å². The van der Waals surface area contributed by atoms with E-state index >= 15 is 0 Å². The van der Waals surface area contributed by atoms with E-state index in [1.807, 2.05) is 0 Å². The molecule has 2 rings (SSSR count). The van der Waals surface area contributed by atoms with Crippen molar-refractivity contribution in [2.45, 2.75) is 0 Å². The molecule has 1 fully saturated rings. The van der Waals surface area contributed by atoms with Crippen molar-refractivity contribution in [3.63, 3.8) is 0 Å². The van der Waals surface area contributed by atoms with Gasteiger partial charge in [0.05, 0.1) is 0 Å². The Labute approximate surface area is 119 Å². The van der Waals surface area contributed by atoms with Crippen LogP contribution < -0.4 is 14.5 Å². The van der Waals surface area contributed by atoms with Crippen LogP contribution in [0.15, 0.2) is 30.3 Å². The molecule has 94 valence electrons. The fourth-order valence-corrected chi connectivity index (χ4v) is 3.58. The summed E-state index contributed by atoms with van der Waals surface area (Å²) in [5.74, 6) is 0. The van der Waals surface area contributed by atoms with Crippen molar-refractivity contribution >= 4 is 16.3 Å². The maximum atomic E-state index is 3.46. The van der Waals surface area contributed by atoms with Crippen molar-refractivity contribution in [1.82, 2.24) is 14.0 Å². The van der Waals surface area contributed by atoms with Crippen LogP contribution in [0, 0.1) is 0 Å². The Hall–Kier alpha value is 0.104. The van der Waals surface area contributed by atoms with Crippen LogP contribution in [0.2, 0.25) is 0 Å². The van der Waals surface area contributed by atoms with Crippen LogP contribution in [0.25, 0.3) is 0 Å². The van der Waals surface area contributed by atoms with Gasteiger partial charge in [-0.15, -0.1) is 12.4 Å². The van der Waals surface area contributed by atoms with Gasteiger partial charge in [-0.3, -0.25) is 0 Å². The van der Waals surface area contributed by atoms with E-state index < -0.39 is 0 Å². The summed E-state index contributed by atoms with van der Waals surface area (Å²) in [5, 5.41) is 6.92. The number of rotatable bonds is 2. The van der Waals surface area contributed by atoms with Crippen molar-refractivity contribution < 1.29 is 19.4 Å². The molecule has 1 saturated heterocycles. The first-order valence-electron chi connectivity index (χ1n) is 5.93. The fraction of sp³-hybridized carbons (Fsp3) is 0.500. The summed E-state index contributed by atoms with van der Waals surface area (Å²) in [5.41, 5.74) is 0. The van der Waals surface area contributed by atoms with Crippen LogP contribution >= 0.6 is 12.4 Å². The molecule has 0 saturated carbocycles. The molecule has 1 aromatic rings. The monoisotopic (exact) mass is 289 g/mol. The van der Waals surface area contributed by atoms with Crippen molar-refractivity contribution in [1.29, 1.82) is 0 Å². The third kappa shape index (κ3) is 6.00. The summed E-state index contributed by atoms with van der Waals surface area (Å²) < 4.78 is 4.16. The molecule has 0 amide bonds. The molecule has 0 aromatic heterocycles. The van der Waals surface area contributed by atoms with Gasteiger partial charge in [0.1, 0.15) is 0 Å². The van der Waals surface area contributed by atoms with E-state index in [0.717, 1.165) is 26.2 Å². The third-order valence-corrected chi connectivity index (χ3v) is 4.77. The third-order valence-electron chi connectivity index (χ3n) is 2.66. The Morgan fingerprint density at radius 1 is 0.882 bits per heavy atom. The topological polar surface area (TPSA) is 27.3 Å². The van der Waals surface area contributed by atoms with Crippen LogP contribution in [0.3, 0.4) is 0 Å². The molecule has 1 aliphatic heterocycles. The van der Waals surface area contributed by atoms with Gasteiger partial charge in [0.25, 0.3) is 0 Å². The molecule has 5 heteroatoms. The summed E-state index contributed by atoms with van der Waals surface area (Å²) in [6.45, 7) is 6.82. The molecular formula is C12H20ClN3Ti. The first-order chi connectivity index (χ1) is 7.95. The normalized spacial score (nSPS) is 18.4. The Kier molecular flexibility index (Phi) is 8.11. The first kappa shape index (κ1) is 15.2. The molecule has 1 aromatic carbocycles. The number of benzene rings is 1. The van der Waals surface area contributed by atoms with Gasteiger partial charge in [0, 0.05) is 0 Å². The Balaban J connectivity index is 0.00000144. The number of halogens is 1. The van der Waals surface area contributed by atoms with Gasteiger partial charge in [-0.05, 0) is 0 Å². The number of hydrogen-bond acceptors (Lipinski definition) is 3. The molecule has 0 bridgehead atoms. The van der Waals surface area contributed by atoms with Crippen LogP contribution in [-0.4, -0.2) is 42.7 Å². The molecule has 17 heavy (non-hydrogen) atoms. The van der Waals surface area contributed by atoms with Gasteiger partial charge < -0.3 is 0 Å². The van der Waals surface area contributed by atoms with E-state index in [1.165, 1.54) is 17.0 Å². The number of nitrogens with zero attached hydrogens (tertiary/aromatic N) is 1. The molecule has 0 atom stereocenters. The molecule has 0 unspecified atom stereocenters. The molecule has 3 nitrogen and oxygen atoms in total. The maximum absolute atomic E-state index is 3.46. The first-order valence-corrected chi connectivity index (χ1v) is 7.41. The summed E-state index contributed by atoms with van der Waals surface area (Å²) >= 11 is -0.125. The standard InChI is InChI=1S/C6H14N3.C6H5.ClH.Ti/c1-2-8-5-6-9-4-3-7-1;1-2-4-6-5-3-1;;/h7-8H,1-6H2;1-5H;1H;/q-1;;;+1. The van der Waals surface area contributed by atoms with Gasteiger partial charge in [0.15, 0.2) is 0 Å². The second-order valence-corrected chi connectivity index (χ2v) is 6.20. The Morgan fingerprint density at radius 3 is 2.06 bits per heavy atom. The van der Waals surface area contributed by atoms with E-state index in [-0.39, 0.29) is 31.8 Å². The SMILES string of the molecule is Cl.c1cc[c]([Ti][N]2CCNCCNCC2)cc1. The van der Waals surface area contributed by atoms with Gasteiger partial charge in [-0.1, -0.05) is 0 Å². The van der Waals surface area contributed by atoms with E-state index in [9.17, 15) is 0 Å². The zero-order chi connectivity index (χ0) is 11.1. The van der Waals surface area contributed by atoms with Crippen molar-refractivity contribution in [2.75, 3.05) is 39.3 Å². The molecule has 0 spiro atoms. The van der Waals surface area contributed by atoms with Gasteiger partial charge in [-0.25, -0.2) is 0 Å². The van der Waals surface area contributed by atoms with Crippen molar-refractivity contribution in [3.8, 4) is 0 Å². The predicted molar refractivity (Wildman–Crippen MR) is 70.6 cm³/mol. The molecule has 0 radical (unpaired) electrons.